The van der Waals surface area contributed by atoms with Crippen molar-refractivity contribution in [2.24, 2.45) is 0 Å². The Balaban J connectivity index is 1.64. The predicted octanol–water partition coefficient (Wildman–Crippen LogP) is 2.33. The summed E-state index contributed by atoms with van der Waals surface area (Å²) in [6.45, 7) is 7.65. The Hall–Kier alpha value is -2.63. The molecule has 1 saturated heterocycles. The molecule has 1 aliphatic rings. The van der Waals surface area contributed by atoms with Gasteiger partial charge in [-0.1, -0.05) is 25.1 Å². The Morgan fingerprint density at radius 3 is 2.48 bits per heavy atom. The molecule has 3 rings (SSSR count). The molecule has 132 valence electrons. The summed E-state index contributed by atoms with van der Waals surface area (Å²) >= 11 is 0. The fraction of sp³-hybridized carbons (Fsp3) is 0.421. The van der Waals surface area contributed by atoms with Gasteiger partial charge in [-0.2, -0.15) is 0 Å². The van der Waals surface area contributed by atoms with Crippen molar-refractivity contribution >= 4 is 17.4 Å². The number of para-hydroxylation sites is 1. The largest absolute Gasteiger partial charge is 0.368 e. The van der Waals surface area contributed by atoms with Gasteiger partial charge in [0.25, 0.3) is 5.91 Å². The lowest BCUT2D eigenvalue weighted by Crippen LogP contribution is -2.47. The van der Waals surface area contributed by atoms with Crippen LogP contribution in [0, 0.1) is 0 Å². The second-order valence-electron chi connectivity index (χ2n) is 6.35. The van der Waals surface area contributed by atoms with Gasteiger partial charge >= 0.3 is 0 Å². The van der Waals surface area contributed by atoms with Crippen molar-refractivity contribution < 1.29 is 4.79 Å². The first-order valence-corrected chi connectivity index (χ1v) is 8.85. The molecule has 1 aliphatic heterocycles. The van der Waals surface area contributed by atoms with Crippen LogP contribution >= 0.6 is 0 Å². The number of hydrogen-bond donors (Lipinski definition) is 1. The van der Waals surface area contributed by atoms with Crippen molar-refractivity contribution in [3.63, 3.8) is 0 Å². The fourth-order valence-corrected chi connectivity index (χ4v) is 2.88. The highest BCUT2D eigenvalue weighted by atomic mass is 16.1. The zero-order valence-electron chi connectivity index (χ0n) is 14.9. The van der Waals surface area contributed by atoms with E-state index in [2.05, 4.69) is 49.4 Å². The molecule has 0 spiro atoms. The minimum atomic E-state index is -0.138. The van der Waals surface area contributed by atoms with Gasteiger partial charge in [0.2, 0.25) is 0 Å². The molecule has 0 saturated carbocycles. The average molecular weight is 339 g/mol. The van der Waals surface area contributed by atoms with Crippen molar-refractivity contribution in [1.29, 1.82) is 0 Å². The lowest BCUT2D eigenvalue weighted by Gasteiger charge is -2.36. The third-order valence-electron chi connectivity index (χ3n) is 4.60. The van der Waals surface area contributed by atoms with Crippen LogP contribution in [-0.2, 0) is 0 Å². The summed E-state index contributed by atoms with van der Waals surface area (Å²) < 4.78 is 0. The van der Waals surface area contributed by atoms with E-state index in [4.69, 9.17) is 0 Å². The SMILES string of the molecule is CCC(C)NC(=O)c1cc(N2CCN(c3ccccc3)CC2)ncn1. The first-order chi connectivity index (χ1) is 12.2. The first kappa shape index (κ1) is 17.2. The monoisotopic (exact) mass is 339 g/mol. The Bertz CT molecular complexity index is 698. The van der Waals surface area contributed by atoms with Gasteiger partial charge in [0.1, 0.15) is 17.8 Å². The average Bonchev–Trinajstić information content (AvgIpc) is 2.68. The molecule has 6 heteroatoms. The number of anilines is 2. The van der Waals surface area contributed by atoms with Crippen LogP contribution in [0.2, 0.25) is 0 Å². The predicted molar refractivity (Wildman–Crippen MR) is 100 cm³/mol. The molecule has 6 nitrogen and oxygen atoms in total. The zero-order chi connectivity index (χ0) is 17.6. The number of amides is 1. The molecule has 2 aromatic rings. The van der Waals surface area contributed by atoms with Crippen molar-refractivity contribution in [1.82, 2.24) is 15.3 Å². The summed E-state index contributed by atoms with van der Waals surface area (Å²) in [5.41, 5.74) is 1.68. The van der Waals surface area contributed by atoms with Gasteiger partial charge in [-0.05, 0) is 25.5 Å². The summed E-state index contributed by atoms with van der Waals surface area (Å²) in [6.07, 6.45) is 2.37. The van der Waals surface area contributed by atoms with Gasteiger partial charge in [-0.15, -0.1) is 0 Å². The summed E-state index contributed by atoms with van der Waals surface area (Å²) in [5.74, 6) is 0.679. The molecular formula is C19H25N5O. The van der Waals surface area contributed by atoms with Crippen LogP contribution in [0.15, 0.2) is 42.7 Å². The standard InChI is InChI=1S/C19H25N5O/c1-3-15(2)22-19(25)17-13-18(21-14-20-17)24-11-9-23(10-12-24)16-7-5-4-6-8-16/h4-8,13-15H,3,9-12H2,1-2H3,(H,22,25). The zero-order valence-corrected chi connectivity index (χ0v) is 14.9. The molecule has 0 bridgehead atoms. The maximum absolute atomic E-state index is 12.3. The molecule has 0 radical (unpaired) electrons. The van der Waals surface area contributed by atoms with E-state index in [1.807, 2.05) is 19.9 Å². The molecule has 0 aliphatic carbocycles. The molecule has 1 N–H and O–H groups in total. The van der Waals surface area contributed by atoms with Crippen LogP contribution in [0.25, 0.3) is 0 Å². The first-order valence-electron chi connectivity index (χ1n) is 8.85. The molecule has 1 aromatic heterocycles. The van der Waals surface area contributed by atoms with E-state index in [9.17, 15) is 4.79 Å². The lowest BCUT2D eigenvalue weighted by atomic mass is 10.2. The number of rotatable bonds is 5. The molecule has 1 fully saturated rings. The van der Waals surface area contributed by atoms with Crippen LogP contribution in [0.5, 0.6) is 0 Å². The van der Waals surface area contributed by atoms with E-state index in [0.717, 1.165) is 38.4 Å². The van der Waals surface area contributed by atoms with Gasteiger partial charge < -0.3 is 15.1 Å². The quantitative estimate of drug-likeness (QED) is 0.906. The van der Waals surface area contributed by atoms with Gasteiger partial charge in [-0.25, -0.2) is 9.97 Å². The molecule has 1 amide bonds. The minimum Gasteiger partial charge on any atom is -0.368 e. The Labute approximate surface area is 148 Å². The number of nitrogens with zero attached hydrogens (tertiary/aromatic N) is 4. The maximum atomic E-state index is 12.3. The van der Waals surface area contributed by atoms with Crippen molar-refractivity contribution in [2.75, 3.05) is 36.0 Å². The summed E-state index contributed by atoms with van der Waals surface area (Å²) in [6, 6.07) is 12.4. The second-order valence-corrected chi connectivity index (χ2v) is 6.35. The van der Waals surface area contributed by atoms with Gasteiger partial charge in [0, 0.05) is 44.0 Å². The van der Waals surface area contributed by atoms with E-state index in [1.54, 1.807) is 6.07 Å². The Morgan fingerprint density at radius 2 is 1.80 bits per heavy atom. The molecule has 1 atom stereocenters. The van der Waals surface area contributed by atoms with E-state index in [1.165, 1.54) is 12.0 Å². The van der Waals surface area contributed by atoms with Crippen molar-refractivity contribution in [3.8, 4) is 0 Å². The number of hydrogen-bond acceptors (Lipinski definition) is 5. The van der Waals surface area contributed by atoms with Gasteiger partial charge in [0.15, 0.2) is 0 Å². The molecular weight excluding hydrogens is 314 g/mol. The fourth-order valence-electron chi connectivity index (χ4n) is 2.88. The molecule has 1 unspecified atom stereocenters. The summed E-state index contributed by atoms with van der Waals surface area (Å²) in [4.78, 5) is 25.3. The number of piperazine rings is 1. The number of aromatic nitrogens is 2. The molecule has 1 aromatic carbocycles. The van der Waals surface area contributed by atoms with E-state index >= 15 is 0 Å². The minimum absolute atomic E-state index is 0.138. The van der Waals surface area contributed by atoms with E-state index < -0.39 is 0 Å². The number of carbonyl (C=O) groups is 1. The highest BCUT2D eigenvalue weighted by Crippen LogP contribution is 2.19. The Morgan fingerprint density at radius 1 is 1.12 bits per heavy atom. The molecule has 2 heterocycles. The maximum Gasteiger partial charge on any atom is 0.270 e. The van der Waals surface area contributed by atoms with Crippen LogP contribution in [-0.4, -0.2) is 48.1 Å². The normalized spacial score (nSPS) is 15.8. The number of benzene rings is 1. The third-order valence-corrected chi connectivity index (χ3v) is 4.60. The highest BCUT2D eigenvalue weighted by molar-refractivity contribution is 5.93. The van der Waals surface area contributed by atoms with E-state index in [-0.39, 0.29) is 11.9 Å². The Kier molecular flexibility index (Phi) is 5.48. The summed E-state index contributed by atoms with van der Waals surface area (Å²) in [7, 11) is 0. The number of carbonyl (C=O) groups excluding carboxylic acids is 1. The topological polar surface area (TPSA) is 61.4 Å². The van der Waals surface area contributed by atoms with Gasteiger partial charge in [0.05, 0.1) is 0 Å². The lowest BCUT2D eigenvalue weighted by molar-refractivity contribution is 0.0934. The third kappa shape index (κ3) is 4.26. The van der Waals surface area contributed by atoms with Crippen LogP contribution in [0.1, 0.15) is 30.8 Å². The number of nitrogens with one attached hydrogen (secondary N) is 1. The van der Waals surface area contributed by atoms with E-state index in [0.29, 0.717) is 5.69 Å². The van der Waals surface area contributed by atoms with Crippen LogP contribution in [0.4, 0.5) is 11.5 Å². The second kappa shape index (κ2) is 7.96. The van der Waals surface area contributed by atoms with Crippen LogP contribution < -0.4 is 15.1 Å². The highest BCUT2D eigenvalue weighted by Gasteiger charge is 2.20. The van der Waals surface area contributed by atoms with Crippen molar-refractivity contribution in [3.05, 3.63) is 48.4 Å². The molecule has 25 heavy (non-hydrogen) atoms. The smallest absolute Gasteiger partial charge is 0.270 e. The van der Waals surface area contributed by atoms with Crippen molar-refractivity contribution in [2.45, 2.75) is 26.3 Å². The van der Waals surface area contributed by atoms with Gasteiger partial charge in [-0.3, -0.25) is 4.79 Å². The van der Waals surface area contributed by atoms with Crippen LogP contribution in [0.3, 0.4) is 0 Å². The summed E-state index contributed by atoms with van der Waals surface area (Å²) in [5, 5.41) is 2.95.